The molecule has 0 N–H and O–H groups in total. The number of ether oxygens (including phenoxy) is 5. The van der Waals surface area contributed by atoms with Gasteiger partial charge in [-0.1, -0.05) is 42.5 Å². The fourth-order valence-electron chi connectivity index (χ4n) is 5.52. The summed E-state index contributed by atoms with van der Waals surface area (Å²) in [5, 5.41) is 6.86. The van der Waals surface area contributed by atoms with Gasteiger partial charge in [-0.15, -0.1) is 5.10 Å². The molecule has 7 rings (SSSR count). The van der Waals surface area contributed by atoms with E-state index in [1.165, 1.54) is 0 Å². The third kappa shape index (κ3) is 3.88. The highest BCUT2D eigenvalue weighted by molar-refractivity contribution is 5.91. The molecule has 0 fully saturated rings. The second-order valence-corrected chi connectivity index (χ2v) is 9.59. The number of hydrogen-bond donors (Lipinski definition) is 0. The van der Waals surface area contributed by atoms with Gasteiger partial charge in [0, 0.05) is 22.4 Å². The molecule has 9 nitrogen and oxygen atoms in total. The van der Waals surface area contributed by atoms with Crippen LogP contribution in [0.2, 0.25) is 0 Å². The average molecular weight is 547 g/mol. The summed E-state index contributed by atoms with van der Waals surface area (Å²) in [6, 6.07) is 23.9. The van der Waals surface area contributed by atoms with E-state index >= 15 is 0 Å². The van der Waals surface area contributed by atoms with Gasteiger partial charge in [0.1, 0.15) is 12.1 Å². The van der Waals surface area contributed by atoms with Crippen LogP contribution in [0.5, 0.6) is 34.6 Å². The van der Waals surface area contributed by atoms with Crippen LogP contribution < -0.4 is 23.7 Å². The maximum absolute atomic E-state index is 6.55. The van der Waals surface area contributed by atoms with Crippen molar-refractivity contribution in [3.8, 4) is 46.0 Å². The first-order valence-electron chi connectivity index (χ1n) is 13.0. The van der Waals surface area contributed by atoms with Crippen molar-refractivity contribution in [3.63, 3.8) is 0 Å². The fraction of sp³-hybridized carbons (Fsp3) is 0.156. The molecule has 1 aliphatic heterocycles. The van der Waals surface area contributed by atoms with Crippen LogP contribution in [0.15, 0.2) is 79.1 Å². The largest absolute Gasteiger partial charge is 0.493 e. The molecule has 0 bridgehead atoms. The Kier molecular flexibility index (Phi) is 5.85. The quantitative estimate of drug-likeness (QED) is 0.241. The predicted molar refractivity (Wildman–Crippen MR) is 154 cm³/mol. The molecule has 0 radical (unpaired) electrons. The molecular formula is C32H26N4O5. The Hall–Kier alpha value is -5.31. The van der Waals surface area contributed by atoms with E-state index in [4.69, 9.17) is 38.8 Å². The molecule has 4 aromatic carbocycles. The fourth-order valence-corrected chi connectivity index (χ4v) is 5.52. The van der Waals surface area contributed by atoms with Crippen LogP contribution in [0.1, 0.15) is 22.6 Å². The summed E-state index contributed by atoms with van der Waals surface area (Å²) in [5.41, 5.74) is 4.20. The standard InChI is InChI=1S/C32H26N4O5/c1-37-23-13-10-19(15-25(23)39-3)27-22-12-9-18-7-5-6-8-21(18)29(22)41-32-28(27)31-34-30(35-36(31)17-33-32)20-11-14-24(38-2)26(16-20)40-4/h5-17,27H,1-4H3/t27-/m0/s1. The number of benzene rings is 4. The Morgan fingerprint density at radius 1 is 0.756 bits per heavy atom. The minimum Gasteiger partial charge on any atom is -0.493 e. The van der Waals surface area contributed by atoms with E-state index in [2.05, 4.69) is 24.3 Å². The van der Waals surface area contributed by atoms with Crippen molar-refractivity contribution in [2.45, 2.75) is 5.92 Å². The molecular weight excluding hydrogens is 520 g/mol. The summed E-state index contributed by atoms with van der Waals surface area (Å²) in [6.45, 7) is 0. The minimum atomic E-state index is -0.267. The molecule has 9 heteroatoms. The van der Waals surface area contributed by atoms with Crippen molar-refractivity contribution in [1.82, 2.24) is 19.6 Å². The van der Waals surface area contributed by atoms with E-state index in [1.54, 1.807) is 39.3 Å². The predicted octanol–water partition coefficient (Wildman–Crippen LogP) is 6.26. The van der Waals surface area contributed by atoms with Gasteiger partial charge < -0.3 is 23.7 Å². The Balaban J connectivity index is 1.47. The Labute approximate surface area is 235 Å². The van der Waals surface area contributed by atoms with Crippen molar-refractivity contribution in [2.75, 3.05) is 28.4 Å². The summed E-state index contributed by atoms with van der Waals surface area (Å²) in [6.07, 6.45) is 1.63. The Morgan fingerprint density at radius 3 is 2.27 bits per heavy atom. The number of hydrogen-bond acceptors (Lipinski definition) is 8. The third-order valence-electron chi connectivity index (χ3n) is 7.48. The van der Waals surface area contributed by atoms with Gasteiger partial charge in [-0.25, -0.2) is 14.5 Å². The van der Waals surface area contributed by atoms with Gasteiger partial charge >= 0.3 is 0 Å². The highest BCUT2D eigenvalue weighted by Gasteiger charge is 2.35. The van der Waals surface area contributed by atoms with Gasteiger partial charge in [0.05, 0.1) is 34.0 Å². The lowest BCUT2D eigenvalue weighted by Gasteiger charge is -2.29. The summed E-state index contributed by atoms with van der Waals surface area (Å²) in [4.78, 5) is 9.70. The zero-order valence-electron chi connectivity index (χ0n) is 22.9. The van der Waals surface area contributed by atoms with Crippen LogP contribution in [-0.2, 0) is 0 Å². The minimum absolute atomic E-state index is 0.267. The third-order valence-corrected chi connectivity index (χ3v) is 7.48. The molecule has 204 valence electrons. The van der Waals surface area contributed by atoms with Gasteiger partial charge in [0.25, 0.3) is 0 Å². The van der Waals surface area contributed by atoms with Crippen LogP contribution >= 0.6 is 0 Å². The first-order valence-corrected chi connectivity index (χ1v) is 13.0. The monoisotopic (exact) mass is 546 g/mol. The van der Waals surface area contributed by atoms with Gasteiger partial charge in [0.2, 0.25) is 5.88 Å². The Morgan fingerprint density at radius 2 is 1.49 bits per heavy atom. The van der Waals surface area contributed by atoms with Crippen LogP contribution in [0.25, 0.3) is 27.8 Å². The molecule has 0 amide bonds. The van der Waals surface area contributed by atoms with Crippen LogP contribution in [-0.4, -0.2) is 48.0 Å². The van der Waals surface area contributed by atoms with Crippen molar-refractivity contribution < 1.29 is 23.7 Å². The maximum atomic E-state index is 6.55. The topological polar surface area (TPSA) is 89.2 Å². The first kappa shape index (κ1) is 24.7. The molecule has 0 spiro atoms. The molecule has 1 aliphatic rings. The van der Waals surface area contributed by atoms with Crippen LogP contribution in [0, 0.1) is 0 Å². The first-order chi connectivity index (χ1) is 20.1. The molecule has 0 aliphatic carbocycles. The van der Waals surface area contributed by atoms with Crippen molar-refractivity contribution >= 4 is 16.4 Å². The number of methoxy groups -OCH3 is 4. The maximum Gasteiger partial charge on any atom is 0.228 e. The Bertz CT molecular complexity index is 1950. The van der Waals surface area contributed by atoms with Gasteiger partial charge in [-0.3, -0.25) is 0 Å². The molecule has 0 saturated heterocycles. The average Bonchev–Trinajstić information content (AvgIpc) is 3.47. The second-order valence-electron chi connectivity index (χ2n) is 9.59. The molecule has 41 heavy (non-hydrogen) atoms. The molecule has 6 aromatic rings. The molecule has 1 atom stereocenters. The lowest BCUT2D eigenvalue weighted by molar-refractivity contribution is 0.354. The van der Waals surface area contributed by atoms with Gasteiger partial charge in [-0.2, -0.15) is 0 Å². The zero-order valence-corrected chi connectivity index (χ0v) is 22.9. The van der Waals surface area contributed by atoms with Crippen molar-refractivity contribution in [3.05, 3.63) is 95.8 Å². The summed E-state index contributed by atoms with van der Waals surface area (Å²) < 4.78 is 30.4. The van der Waals surface area contributed by atoms with Crippen LogP contribution in [0.4, 0.5) is 0 Å². The second kappa shape index (κ2) is 9.71. The van der Waals surface area contributed by atoms with E-state index in [-0.39, 0.29) is 5.92 Å². The SMILES string of the molecule is COc1ccc(-c2nc3c4c(ncn3n2)Oc2c(ccc3ccccc23)[C@@H]4c2ccc(OC)c(OC)c2)cc1OC. The summed E-state index contributed by atoms with van der Waals surface area (Å²) in [5.74, 6) is 4.01. The van der Waals surface area contributed by atoms with Crippen molar-refractivity contribution in [2.24, 2.45) is 0 Å². The lowest BCUT2D eigenvalue weighted by Crippen LogP contribution is -2.15. The molecule has 2 aromatic heterocycles. The highest BCUT2D eigenvalue weighted by atomic mass is 16.5. The highest BCUT2D eigenvalue weighted by Crippen LogP contribution is 2.51. The van der Waals surface area contributed by atoms with E-state index in [0.29, 0.717) is 40.3 Å². The summed E-state index contributed by atoms with van der Waals surface area (Å²) in [7, 11) is 6.47. The number of nitrogens with zero attached hydrogens (tertiary/aromatic N) is 4. The van der Waals surface area contributed by atoms with Gasteiger partial charge in [0.15, 0.2) is 34.5 Å². The van der Waals surface area contributed by atoms with Crippen molar-refractivity contribution in [1.29, 1.82) is 0 Å². The lowest BCUT2D eigenvalue weighted by atomic mass is 9.82. The number of rotatable bonds is 6. The number of aromatic nitrogens is 4. The normalized spacial score (nSPS) is 13.8. The molecule has 0 saturated carbocycles. The molecule has 0 unspecified atom stereocenters. The van der Waals surface area contributed by atoms with E-state index in [1.807, 2.05) is 48.5 Å². The molecule has 3 heterocycles. The zero-order chi connectivity index (χ0) is 28.1. The smallest absolute Gasteiger partial charge is 0.228 e. The van der Waals surface area contributed by atoms with E-state index in [0.717, 1.165) is 38.8 Å². The van der Waals surface area contributed by atoms with E-state index in [9.17, 15) is 0 Å². The summed E-state index contributed by atoms with van der Waals surface area (Å²) >= 11 is 0. The number of fused-ring (bicyclic) bond motifs is 6. The van der Waals surface area contributed by atoms with Gasteiger partial charge in [-0.05, 0) is 41.3 Å². The van der Waals surface area contributed by atoms with E-state index < -0.39 is 0 Å². The van der Waals surface area contributed by atoms with Crippen LogP contribution in [0.3, 0.4) is 0 Å².